The highest BCUT2D eigenvalue weighted by molar-refractivity contribution is 5.68. The maximum Gasteiger partial charge on any atom is 0.410 e. The van der Waals surface area contributed by atoms with Gasteiger partial charge in [0.1, 0.15) is 18.2 Å². The fraction of sp³-hybridized carbons (Fsp3) is 0.207. The number of nitrogens with zero attached hydrogens (tertiary/aromatic N) is 4. The third-order valence-electron chi connectivity index (χ3n) is 6.11. The van der Waals surface area contributed by atoms with Crippen molar-refractivity contribution in [3.63, 3.8) is 0 Å². The monoisotopic (exact) mass is 498 g/mol. The van der Waals surface area contributed by atoms with Gasteiger partial charge in [-0.1, -0.05) is 60.7 Å². The van der Waals surface area contributed by atoms with Crippen LogP contribution in [0.1, 0.15) is 22.4 Å². The zero-order valence-corrected chi connectivity index (χ0v) is 20.5. The van der Waals surface area contributed by atoms with E-state index < -0.39 is 6.09 Å². The lowest BCUT2D eigenvalue weighted by Crippen LogP contribution is -2.37. The molecule has 7 nitrogen and oxygen atoms in total. The average molecular weight is 499 g/mol. The smallest absolute Gasteiger partial charge is 0.410 e. The molecule has 0 N–H and O–H groups in total. The second-order valence-corrected chi connectivity index (χ2v) is 8.86. The maximum absolute atomic E-state index is 13.5. The van der Waals surface area contributed by atoms with Crippen LogP contribution in [-0.4, -0.2) is 34.6 Å². The molecule has 0 radical (unpaired) electrons. The van der Waals surface area contributed by atoms with E-state index in [-0.39, 0.29) is 19.0 Å². The number of carbonyl (C=O) groups is 1. The van der Waals surface area contributed by atoms with Crippen molar-refractivity contribution in [2.24, 2.45) is 0 Å². The zero-order valence-electron chi connectivity index (χ0n) is 20.5. The number of ether oxygens (including phenoxy) is 2. The van der Waals surface area contributed by atoms with Gasteiger partial charge in [0, 0.05) is 26.6 Å². The Balaban J connectivity index is 1.39. The lowest BCUT2D eigenvalue weighted by molar-refractivity contribution is 0.0912. The number of hydrogen-bond donors (Lipinski definition) is 0. The Kier molecular flexibility index (Phi) is 7.26. The number of anilines is 1. The summed E-state index contributed by atoms with van der Waals surface area (Å²) in [6, 6.07) is 25.4. The van der Waals surface area contributed by atoms with Gasteiger partial charge in [-0.3, -0.25) is 0 Å². The molecule has 2 heterocycles. The molecule has 1 aliphatic rings. The lowest BCUT2D eigenvalue weighted by atomic mass is 10.1. The van der Waals surface area contributed by atoms with Crippen molar-refractivity contribution in [2.75, 3.05) is 18.5 Å². The van der Waals surface area contributed by atoms with Crippen molar-refractivity contribution >= 4 is 12.0 Å². The quantitative estimate of drug-likeness (QED) is 0.324. The van der Waals surface area contributed by atoms with Crippen LogP contribution in [0.2, 0.25) is 0 Å². The number of halogens is 1. The van der Waals surface area contributed by atoms with Crippen molar-refractivity contribution in [1.29, 1.82) is 0 Å². The molecule has 0 aliphatic carbocycles. The Bertz CT molecular complexity index is 1350. The predicted molar refractivity (Wildman–Crippen MR) is 138 cm³/mol. The average Bonchev–Trinajstić information content (AvgIpc) is 2.93. The van der Waals surface area contributed by atoms with E-state index in [0.29, 0.717) is 42.7 Å². The molecule has 0 saturated carbocycles. The molecule has 0 saturated heterocycles. The van der Waals surface area contributed by atoms with Crippen molar-refractivity contribution < 1.29 is 18.7 Å². The summed E-state index contributed by atoms with van der Waals surface area (Å²) in [5.41, 5.74) is 3.57. The summed E-state index contributed by atoms with van der Waals surface area (Å²) in [7, 11) is 1.92. The fourth-order valence-electron chi connectivity index (χ4n) is 4.14. The molecular formula is C29H27FN4O3. The summed E-state index contributed by atoms with van der Waals surface area (Å²) in [4.78, 5) is 25.9. The molecule has 1 aromatic heterocycles. The highest BCUT2D eigenvalue weighted by Crippen LogP contribution is 2.32. The van der Waals surface area contributed by atoms with E-state index in [4.69, 9.17) is 19.4 Å². The summed E-state index contributed by atoms with van der Waals surface area (Å²) in [6.45, 7) is 1.53. The zero-order chi connectivity index (χ0) is 25.6. The van der Waals surface area contributed by atoms with Crippen molar-refractivity contribution in [3.05, 3.63) is 113 Å². The molecule has 8 heteroatoms. The summed E-state index contributed by atoms with van der Waals surface area (Å²) >= 11 is 0. The standard InChI is InChI=1S/C29H27FN4O3/c1-33(18-21-8-4-2-5-9-21)28-31-26-16-17-34(29(35)36-20-22-10-6-3-7-11-22)19-25(26)27(32-28)37-24-14-12-23(30)13-15-24/h2-15H,16-20H2,1H3. The SMILES string of the molecule is CN(Cc1ccccc1)c1nc2c(c(Oc3ccc(F)cc3)n1)CN(C(=O)OCc1ccccc1)CC2. The summed E-state index contributed by atoms with van der Waals surface area (Å²) < 4.78 is 25.1. The van der Waals surface area contributed by atoms with E-state index in [9.17, 15) is 9.18 Å². The van der Waals surface area contributed by atoms with Crippen LogP contribution in [0.4, 0.5) is 15.1 Å². The lowest BCUT2D eigenvalue weighted by Gasteiger charge is -2.29. The van der Waals surface area contributed by atoms with Gasteiger partial charge in [0.15, 0.2) is 0 Å². The Morgan fingerprint density at radius 3 is 2.32 bits per heavy atom. The van der Waals surface area contributed by atoms with Gasteiger partial charge in [-0.05, 0) is 35.4 Å². The first-order chi connectivity index (χ1) is 18.0. The molecule has 37 heavy (non-hydrogen) atoms. The maximum atomic E-state index is 13.5. The van der Waals surface area contributed by atoms with Gasteiger partial charge >= 0.3 is 6.09 Å². The highest BCUT2D eigenvalue weighted by Gasteiger charge is 2.28. The summed E-state index contributed by atoms with van der Waals surface area (Å²) in [5, 5.41) is 0. The van der Waals surface area contributed by atoms with E-state index in [2.05, 4.69) is 0 Å². The first-order valence-corrected chi connectivity index (χ1v) is 12.1. The van der Waals surface area contributed by atoms with Crippen LogP contribution in [0.15, 0.2) is 84.9 Å². The number of rotatable bonds is 7. The minimum Gasteiger partial charge on any atom is -0.445 e. The van der Waals surface area contributed by atoms with E-state index >= 15 is 0 Å². The van der Waals surface area contributed by atoms with Crippen LogP contribution in [0.25, 0.3) is 0 Å². The number of benzene rings is 3. The Morgan fingerprint density at radius 1 is 0.946 bits per heavy atom. The highest BCUT2D eigenvalue weighted by atomic mass is 19.1. The predicted octanol–water partition coefficient (Wildman–Crippen LogP) is 5.74. The number of aromatic nitrogens is 2. The van der Waals surface area contributed by atoms with Gasteiger partial charge in [-0.25, -0.2) is 14.2 Å². The first-order valence-electron chi connectivity index (χ1n) is 12.1. The Hall–Kier alpha value is -4.46. The van der Waals surface area contributed by atoms with Crippen LogP contribution in [0.5, 0.6) is 11.6 Å². The van der Waals surface area contributed by atoms with Gasteiger partial charge in [0.2, 0.25) is 11.8 Å². The van der Waals surface area contributed by atoms with Crippen LogP contribution < -0.4 is 9.64 Å². The molecular weight excluding hydrogens is 471 g/mol. The third kappa shape index (κ3) is 6.03. The topological polar surface area (TPSA) is 67.8 Å². The van der Waals surface area contributed by atoms with Crippen LogP contribution >= 0.6 is 0 Å². The van der Waals surface area contributed by atoms with Crippen LogP contribution in [0.3, 0.4) is 0 Å². The normalized spacial score (nSPS) is 12.5. The van der Waals surface area contributed by atoms with Gasteiger partial charge in [0.25, 0.3) is 0 Å². The number of fused-ring (bicyclic) bond motifs is 1. The third-order valence-corrected chi connectivity index (χ3v) is 6.11. The second kappa shape index (κ2) is 11.1. The minimum absolute atomic E-state index is 0.196. The largest absolute Gasteiger partial charge is 0.445 e. The van der Waals surface area contributed by atoms with Crippen molar-refractivity contribution in [3.8, 4) is 11.6 Å². The van der Waals surface area contributed by atoms with Gasteiger partial charge in [-0.2, -0.15) is 4.98 Å². The molecule has 0 atom stereocenters. The number of carbonyl (C=O) groups excluding carboxylic acids is 1. The number of amides is 1. The van der Waals surface area contributed by atoms with E-state index in [1.807, 2.05) is 72.6 Å². The molecule has 0 fully saturated rings. The molecule has 1 amide bonds. The van der Waals surface area contributed by atoms with E-state index in [0.717, 1.165) is 16.8 Å². The van der Waals surface area contributed by atoms with Crippen LogP contribution in [-0.2, 0) is 30.9 Å². The molecule has 0 spiro atoms. The first kappa shape index (κ1) is 24.2. The molecule has 188 valence electrons. The fourth-order valence-corrected chi connectivity index (χ4v) is 4.14. The van der Waals surface area contributed by atoms with Gasteiger partial charge in [0.05, 0.1) is 17.8 Å². The molecule has 0 unspecified atom stereocenters. The van der Waals surface area contributed by atoms with E-state index in [1.165, 1.54) is 12.1 Å². The second-order valence-electron chi connectivity index (χ2n) is 8.86. The van der Waals surface area contributed by atoms with Gasteiger partial charge in [-0.15, -0.1) is 0 Å². The Morgan fingerprint density at radius 2 is 1.62 bits per heavy atom. The van der Waals surface area contributed by atoms with E-state index in [1.54, 1.807) is 17.0 Å². The molecule has 0 bridgehead atoms. The minimum atomic E-state index is -0.410. The molecule has 4 aromatic rings. The molecule has 3 aromatic carbocycles. The number of hydrogen-bond acceptors (Lipinski definition) is 6. The van der Waals surface area contributed by atoms with Crippen molar-refractivity contribution in [2.45, 2.75) is 26.1 Å². The molecule has 1 aliphatic heterocycles. The van der Waals surface area contributed by atoms with Crippen molar-refractivity contribution in [1.82, 2.24) is 14.9 Å². The van der Waals surface area contributed by atoms with Gasteiger partial charge < -0.3 is 19.3 Å². The summed E-state index contributed by atoms with van der Waals surface area (Å²) in [5.74, 6) is 0.947. The Labute approximate surface area is 215 Å². The molecule has 5 rings (SSSR count). The van der Waals surface area contributed by atoms with Crippen LogP contribution in [0, 0.1) is 5.82 Å². The summed E-state index contributed by atoms with van der Waals surface area (Å²) in [6.07, 6.45) is 0.122.